The maximum absolute atomic E-state index is 13.3. The zero-order chi connectivity index (χ0) is 23.5. The van der Waals surface area contributed by atoms with Gasteiger partial charge in [-0.1, -0.05) is 74.2 Å². The van der Waals surface area contributed by atoms with Crippen LogP contribution < -0.4 is 10.1 Å². The van der Waals surface area contributed by atoms with E-state index in [0.29, 0.717) is 32.4 Å². The molecule has 1 saturated carbocycles. The van der Waals surface area contributed by atoms with Gasteiger partial charge in [0, 0.05) is 19.0 Å². The summed E-state index contributed by atoms with van der Waals surface area (Å²) >= 11 is 0. The van der Waals surface area contributed by atoms with Crippen molar-refractivity contribution >= 4 is 11.8 Å². The molecule has 2 aromatic rings. The van der Waals surface area contributed by atoms with Crippen molar-refractivity contribution in [1.29, 1.82) is 0 Å². The Morgan fingerprint density at radius 1 is 1.03 bits per heavy atom. The number of carbonyl (C=O) groups excluding carboxylic acids is 2. The van der Waals surface area contributed by atoms with Gasteiger partial charge >= 0.3 is 0 Å². The van der Waals surface area contributed by atoms with Gasteiger partial charge in [0.15, 0.2) is 0 Å². The maximum atomic E-state index is 13.3. The summed E-state index contributed by atoms with van der Waals surface area (Å²) in [5.74, 6) is 0.781. The third kappa shape index (κ3) is 7.92. The average Bonchev–Trinajstić information content (AvgIpc) is 2.84. The van der Waals surface area contributed by atoms with Gasteiger partial charge in [-0.05, 0) is 50.3 Å². The molecular formula is C28H38N2O3. The van der Waals surface area contributed by atoms with Gasteiger partial charge in [-0.25, -0.2) is 0 Å². The summed E-state index contributed by atoms with van der Waals surface area (Å²) < 4.78 is 5.75. The Balaban J connectivity index is 1.64. The van der Waals surface area contributed by atoms with E-state index in [1.165, 1.54) is 12.0 Å². The molecule has 1 aliphatic carbocycles. The number of hydrogen-bond acceptors (Lipinski definition) is 3. The van der Waals surface area contributed by atoms with E-state index < -0.39 is 6.04 Å². The van der Waals surface area contributed by atoms with Gasteiger partial charge < -0.3 is 15.0 Å². The lowest BCUT2D eigenvalue weighted by Crippen LogP contribution is -2.51. The fourth-order valence-corrected chi connectivity index (χ4v) is 4.43. The van der Waals surface area contributed by atoms with Gasteiger partial charge in [-0.3, -0.25) is 9.59 Å². The van der Waals surface area contributed by atoms with Crippen LogP contribution in [0, 0.1) is 6.92 Å². The number of aryl methyl sites for hydroxylation is 1. The quantitative estimate of drug-likeness (QED) is 0.466. The number of rotatable bonds is 11. The normalized spacial score (nSPS) is 15.0. The Morgan fingerprint density at radius 3 is 2.39 bits per heavy atom. The number of amides is 2. The van der Waals surface area contributed by atoms with Crippen molar-refractivity contribution < 1.29 is 14.3 Å². The van der Waals surface area contributed by atoms with Gasteiger partial charge in [-0.2, -0.15) is 0 Å². The Hall–Kier alpha value is -2.82. The van der Waals surface area contributed by atoms with Crippen molar-refractivity contribution in [2.24, 2.45) is 0 Å². The topological polar surface area (TPSA) is 58.6 Å². The number of carbonyl (C=O) groups is 2. The van der Waals surface area contributed by atoms with E-state index in [-0.39, 0.29) is 17.9 Å². The molecule has 33 heavy (non-hydrogen) atoms. The lowest BCUT2D eigenvalue weighted by molar-refractivity contribution is -0.142. The molecule has 1 atom stereocenters. The van der Waals surface area contributed by atoms with Crippen molar-refractivity contribution in [1.82, 2.24) is 10.2 Å². The highest BCUT2D eigenvalue weighted by molar-refractivity contribution is 5.87. The zero-order valence-corrected chi connectivity index (χ0v) is 20.1. The molecule has 3 rings (SSSR count). The minimum absolute atomic E-state index is 0.00196. The summed E-state index contributed by atoms with van der Waals surface area (Å²) in [6.07, 6.45) is 7.19. The molecule has 5 nitrogen and oxygen atoms in total. The first-order valence-electron chi connectivity index (χ1n) is 12.4. The first-order valence-corrected chi connectivity index (χ1v) is 12.4. The van der Waals surface area contributed by atoms with Gasteiger partial charge in [0.1, 0.15) is 11.8 Å². The van der Waals surface area contributed by atoms with Gasteiger partial charge in [-0.15, -0.1) is 0 Å². The predicted octanol–water partition coefficient (Wildman–Crippen LogP) is 5.41. The third-order valence-corrected chi connectivity index (χ3v) is 6.36. The molecule has 0 spiro atoms. The molecule has 0 heterocycles. The number of nitrogens with one attached hydrogen (secondary N) is 1. The Labute approximate surface area is 198 Å². The van der Waals surface area contributed by atoms with E-state index >= 15 is 0 Å². The molecular weight excluding hydrogens is 412 g/mol. The van der Waals surface area contributed by atoms with Crippen LogP contribution in [0.25, 0.3) is 0 Å². The summed E-state index contributed by atoms with van der Waals surface area (Å²) in [4.78, 5) is 28.3. The minimum atomic E-state index is -0.462. The van der Waals surface area contributed by atoms with E-state index in [4.69, 9.17) is 4.74 Å². The van der Waals surface area contributed by atoms with Gasteiger partial charge in [0.25, 0.3) is 0 Å². The van der Waals surface area contributed by atoms with Crippen LogP contribution in [0.3, 0.4) is 0 Å². The monoisotopic (exact) mass is 450 g/mol. The Bertz CT molecular complexity index is 860. The molecule has 0 bridgehead atoms. The summed E-state index contributed by atoms with van der Waals surface area (Å²) in [5.41, 5.74) is 2.22. The second kappa shape index (κ2) is 13.0. The van der Waals surface area contributed by atoms with E-state index in [0.717, 1.165) is 37.0 Å². The van der Waals surface area contributed by atoms with Crippen molar-refractivity contribution in [3.63, 3.8) is 0 Å². The van der Waals surface area contributed by atoms with Crippen molar-refractivity contribution in [3.05, 3.63) is 65.7 Å². The molecule has 2 amide bonds. The van der Waals surface area contributed by atoms with E-state index in [2.05, 4.69) is 17.4 Å². The summed E-state index contributed by atoms with van der Waals surface area (Å²) in [7, 11) is 0. The van der Waals surface area contributed by atoms with Crippen LogP contribution in [0.4, 0.5) is 0 Å². The molecule has 1 fully saturated rings. The number of para-hydroxylation sites is 1. The van der Waals surface area contributed by atoms with Gasteiger partial charge in [0.2, 0.25) is 11.8 Å². The van der Waals surface area contributed by atoms with Crippen molar-refractivity contribution in [3.8, 4) is 5.75 Å². The van der Waals surface area contributed by atoms with Crippen molar-refractivity contribution in [2.45, 2.75) is 83.8 Å². The van der Waals surface area contributed by atoms with Crippen LogP contribution in [-0.2, 0) is 16.1 Å². The highest BCUT2D eigenvalue weighted by atomic mass is 16.5. The van der Waals surface area contributed by atoms with Crippen LogP contribution in [0.1, 0.15) is 69.4 Å². The molecule has 5 heteroatoms. The standard InChI is InChI=1S/C28H38N2O3/c1-3-26(28(32)29-24-11-6-4-7-12-24)30(21-23-18-16-22(2)17-19-23)27(31)15-10-20-33-25-13-8-5-9-14-25/h5,8-9,13-14,16-19,24,26H,3-4,6-7,10-12,15,20-21H2,1-2H3,(H,29,32)/t26-/m0/s1. The van der Waals surface area contributed by atoms with Crippen LogP contribution >= 0.6 is 0 Å². The van der Waals surface area contributed by atoms with Crippen LogP contribution in [0.2, 0.25) is 0 Å². The SMILES string of the molecule is CC[C@@H](C(=O)NC1CCCCC1)N(Cc1ccc(C)cc1)C(=O)CCCOc1ccccc1. The lowest BCUT2D eigenvalue weighted by atomic mass is 9.95. The maximum Gasteiger partial charge on any atom is 0.243 e. The molecule has 0 unspecified atom stereocenters. The third-order valence-electron chi connectivity index (χ3n) is 6.36. The van der Waals surface area contributed by atoms with Crippen molar-refractivity contribution in [2.75, 3.05) is 6.61 Å². The molecule has 1 aliphatic rings. The highest BCUT2D eigenvalue weighted by Gasteiger charge is 2.30. The predicted molar refractivity (Wildman–Crippen MR) is 132 cm³/mol. The Kier molecular flexibility index (Phi) is 9.79. The summed E-state index contributed by atoms with van der Waals surface area (Å²) in [5, 5.41) is 3.23. The van der Waals surface area contributed by atoms with Crippen LogP contribution in [0.5, 0.6) is 5.75 Å². The number of hydrogen-bond donors (Lipinski definition) is 1. The highest BCUT2D eigenvalue weighted by Crippen LogP contribution is 2.20. The number of nitrogens with zero attached hydrogens (tertiary/aromatic N) is 1. The Morgan fingerprint density at radius 2 is 1.73 bits per heavy atom. The lowest BCUT2D eigenvalue weighted by Gasteiger charge is -2.33. The molecule has 2 aromatic carbocycles. The van der Waals surface area contributed by atoms with E-state index in [1.807, 2.05) is 56.3 Å². The molecule has 1 N–H and O–H groups in total. The average molecular weight is 451 g/mol. The van der Waals surface area contributed by atoms with Crippen LogP contribution in [0.15, 0.2) is 54.6 Å². The molecule has 0 aliphatic heterocycles. The first kappa shape index (κ1) is 24.8. The second-order valence-electron chi connectivity index (χ2n) is 9.04. The molecule has 0 radical (unpaired) electrons. The first-order chi connectivity index (χ1) is 16.1. The molecule has 0 aromatic heterocycles. The largest absolute Gasteiger partial charge is 0.494 e. The number of ether oxygens (including phenoxy) is 1. The smallest absolute Gasteiger partial charge is 0.243 e. The van der Waals surface area contributed by atoms with Gasteiger partial charge in [0.05, 0.1) is 6.61 Å². The summed E-state index contributed by atoms with van der Waals surface area (Å²) in [6.45, 7) is 4.94. The fourth-order valence-electron chi connectivity index (χ4n) is 4.43. The van der Waals surface area contributed by atoms with E-state index in [9.17, 15) is 9.59 Å². The number of benzene rings is 2. The summed E-state index contributed by atoms with van der Waals surface area (Å²) in [6, 6.07) is 17.6. The zero-order valence-electron chi connectivity index (χ0n) is 20.1. The molecule has 0 saturated heterocycles. The minimum Gasteiger partial charge on any atom is -0.494 e. The second-order valence-corrected chi connectivity index (χ2v) is 9.04. The fraction of sp³-hybridized carbons (Fsp3) is 0.500. The van der Waals surface area contributed by atoms with E-state index in [1.54, 1.807) is 4.90 Å². The van der Waals surface area contributed by atoms with Crippen LogP contribution in [-0.4, -0.2) is 35.4 Å². The molecule has 178 valence electrons.